The normalized spacial score (nSPS) is 22.6. The number of alkyl halides is 1. The Balaban J connectivity index is 1.26. The topological polar surface area (TPSA) is 79.9 Å². The number of hydroxylamine groups is 1. The highest BCUT2D eigenvalue weighted by molar-refractivity contribution is 14.1. The van der Waals surface area contributed by atoms with Crippen LogP contribution in [0.4, 0.5) is 5.69 Å². The van der Waals surface area contributed by atoms with Crippen molar-refractivity contribution in [1.29, 1.82) is 0 Å². The summed E-state index contributed by atoms with van der Waals surface area (Å²) in [5.41, 5.74) is 4.91. The molecule has 0 aliphatic carbocycles. The van der Waals surface area contributed by atoms with Crippen LogP contribution >= 0.6 is 34.2 Å². The summed E-state index contributed by atoms with van der Waals surface area (Å²) in [5, 5.41) is 4.14. The molecule has 34 heavy (non-hydrogen) atoms. The molecule has 2 saturated heterocycles. The average Bonchev–Trinajstić information content (AvgIpc) is 3.22. The van der Waals surface area contributed by atoms with Crippen LogP contribution in [0.1, 0.15) is 41.6 Å². The molecule has 0 bridgehead atoms. The smallest absolute Gasteiger partial charge is 0.267 e. The summed E-state index contributed by atoms with van der Waals surface area (Å²) >= 11 is 8.26. The fraction of sp³-hybridized carbons (Fsp3) is 0.360. The summed E-state index contributed by atoms with van der Waals surface area (Å²) in [6.45, 7) is 1.35. The quantitative estimate of drug-likeness (QED) is 0.155. The SMILES string of the molecule is O=C(C=Cc1ccc(N[C@@H]2CCN(C(=O)c3ccc(Cl)cc3)C2I)cc1)NOC1CCCCO1. The highest BCUT2D eigenvalue weighted by atomic mass is 127. The van der Waals surface area contributed by atoms with Crippen molar-refractivity contribution in [3.8, 4) is 0 Å². The highest BCUT2D eigenvalue weighted by Gasteiger charge is 2.35. The number of ether oxygens (including phenoxy) is 1. The van der Waals surface area contributed by atoms with Gasteiger partial charge in [-0.3, -0.25) is 9.59 Å². The average molecular weight is 596 g/mol. The van der Waals surface area contributed by atoms with E-state index >= 15 is 0 Å². The van der Waals surface area contributed by atoms with Crippen LogP contribution in [-0.2, 0) is 14.4 Å². The van der Waals surface area contributed by atoms with Gasteiger partial charge in [0.25, 0.3) is 11.8 Å². The van der Waals surface area contributed by atoms with Gasteiger partial charge in [0.1, 0.15) is 4.05 Å². The molecule has 2 heterocycles. The zero-order chi connectivity index (χ0) is 23.9. The predicted molar refractivity (Wildman–Crippen MR) is 141 cm³/mol. The van der Waals surface area contributed by atoms with Crippen molar-refractivity contribution in [2.24, 2.45) is 0 Å². The van der Waals surface area contributed by atoms with E-state index in [4.69, 9.17) is 21.2 Å². The van der Waals surface area contributed by atoms with Gasteiger partial charge in [-0.15, -0.1) is 0 Å². The van der Waals surface area contributed by atoms with E-state index in [1.807, 2.05) is 29.2 Å². The Kier molecular flexibility index (Phi) is 8.82. The van der Waals surface area contributed by atoms with Gasteiger partial charge in [0.05, 0.1) is 6.04 Å². The van der Waals surface area contributed by atoms with Gasteiger partial charge in [-0.2, -0.15) is 0 Å². The lowest BCUT2D eigenvalue weighted by Crippen LogP contribution is -2.37. The lowest BCUT2D eigenvalue weighted by molar-refractivity contribution is -0.198. The monoisotopic (exact) mass is 595 g/mol. The molecule has 2 unspecified atom stereocenters. The van der Waals surface area contributed by atoms with E-state index in [2.05, 4.69) is 33.4 Å². The molecule has 2 aliphatic heterocycles. The molecule has 180 valence electrons. The number of nitrogens with zero attached hydrogens (tertiary/aromatic N) is 1. The van der Waals surface area contributed by atoms with Crippen molar-refractivity contribution in [1.82, 2.24) is 10.4 Å². The predicted octanol–water partition coefficient (Wildman–Crippen LogP) is 5.02. The van der Waals surface area contributed by atoms with Crippen molar-refractivity contribution < 1.29 is 19.2 Å². The Labute approximate surface area is 217 Å². The van der Waals surface area contributed by atoms with Crippen LogP contribution in [0.25, 0.3) is 6.08 Å². The zero-order valence-corrected chi connectivity index (χ0v) is 21.5. The third-order valence-electron chi connectivity index (χ3n) is 5.78. The number of anilines is 1. The lowest BCUT2D eigenvalue weighted by atomic mass is 10.1. The summed E-state index contributed by atoms with van der Waals surface area (Å²) in [5.74, 6) is -0.321. The van der Waals surface area contributed by atoms with Gasteiger partial charge in [-0.25, -0.2) is 10.3 Å². The summed E-state index contributed by atoms with van der Waals surface area (Å²) < 4.78 is 5.44. The van der Waals surface area contributed by atoms with Crippen molar-refractivity contribution in [2.45, 2.75) is 42.1 Å². The minimum Gasteiger partial charge on any atom is -0.379 e. The molecular weight excluding hydrogens is 569 g/mol. The Morgan fingerprint density at radius 1 is 1.09 bits per heavy atom. The van der Waals surface area contributed by atoms with Crippen LogP contribution < -0.4 is 10.8 Å². The first kappa shape index (κ1) is 25.0. The number of carbonyl (C=O) groups excluding carboxylic acids is 2. The molecule has 2 aromatic carbocycles. The van der Waals surface area contributed by atoms with Crippen LogP contribution in [0.2, 0.25) is 5.02 Å². The van der Waals surface area contributed by atoms with E-state index in [1.54, 1.807) is 30.3 Å². The number of carbonyl (C=O) groups is 2. The third-order valence-corrected chi connectivity index (χ3v) is 7.57. The molecule has 4 rings (SSSR count). The van der Waals surface area contributed by atoms with Crippen LogP contribution in [0.3, 0.4) is 0 Å². The van der Waals surface area contributed by atoms with E-state index in [1.165, 1.54) is 6.08 Å². The molecule has 2 aliphatic rings. The number of rotatable bonds is 7. The van der Waals surface area contributed by atoms with Crippen molar-refractivity contribution in [3.63, 3.8) is 0 Å². The third kappa shape index (κ3) is 6.71. The fourth-order valence-corrected chi connectivity index (χ4v) is 5.10. The van der Waals surface area contributed by atoms with Gasteiger partial charge in [0.15, 0.2) is 6.29 Å². The summed E-state index contributed by atoms with van der Waals surface area (Å²) in [4.78, 5) is 32.0. The first-order chi connectivity index (χ1) is 16.5. The maximum absolute atomic E-state index is 12.9. The second-order valence-corrected chi connectivity index (χ2v) is 9.97. The molecule has 7 nitrogen and oxygen atoms in total. The van der Waals surface area contributed by atoms with Gasteiger partial charge < -0.3 is 15.0 Å². The maximum Gasteiger partial charge on any atom is 0.267 e. The van der Waals surface area contributed by atoms with Crippen molar-refractivity contribution in [3.05, 3.63) is 70.8 Å². The number of hydrogen-bond acceptors (Lipinski definition) is 5. The largest absolute Gasteiger partial charge is 0.379 e. The number of benzene rings is 2. The molecule has 0 spiro atoms. The van der Waals surface area contributed by atoms with E-state index in [0.717, 1.165) is 36.9 Å². The van der Waals surface area contributed by atoms with Crippen molar-refractivity contribution >= 4 is 57.8 Å². The van der Waals surface area contributed by atoms with Gasteiger partial charge in [0, 0.05) is 41.9 Å². The first-order valence-electron chi connectivity index (χ1n) is 11.3. The molecule has 3 atom stereocenters. The lowest BCUT2D eigenvalue weighted by Gasteiger charge is -2.24. The van der Waals surface area contributed by atoms with Crippen LogP contribution in [-0.4, -0.2) is 46.2 Å². The van der Waals surface area contributed by atoms with E-state index in [9.17, 15) is 9.59 Å². The molecule has 9 heteroatoms. The number of hydrogen-bond donors (Lipinski definition) is 2. The summed E-state index contributed by atoms with van der Waals surface area (Å²) in [6.07, 6.45) is 6.50. The molecule has 0 saturated carbocycles. The zero-order valence-electron chi connectivity index (χ0n) is 18.6. The second-order valence-electron chi connectivity index (χ2n) is 8.25. The van der Waals surface area contributed by atoms with Gasteiger partial charge in [-0.1, -0.05) is 46.3 Å². The van der Waals surface area contributed by atoms with Gasteiger partial charge in [-0.05, 0) is 67.3 Å². The van der Waals surface area contributed by atoms with E-state index in [-0.39, 0.29) is 28.2 Å². The fourth-order valence-electron chi connectivity index (χ4n) is 3.91. The number of nitrogens with one attached hydrogen (secondary N) is 2. The van der Waals surface area contributed by atoms with E-state index in [0.29, 0.717) is 23.7 Å². The van der Waals surface area contributed by atoms with Gasteiger partial charge >= 0.3 is 0 Å². The van der Waals surface area contributed by atoms with Crippen molar-refractivity contribution in [2.75, 3.05) is 18.5 Å². The van der Waals surface area contributed by atoms with Gasteiger partial charge in [0.2, 0.25) is 0 Å². The Bertz CT molecular complexity index is 1010. The first-order valence-corrected chi connectivity index (χ1v) is 12.9. The molecule has 2 fully saturated rings. The Hall–Kier alpha value is -2.14. The summed E-state index contributed by atoms with van der Waals surface area (Å²) in [6, 6.07) is 14.9. The Morgan fingerprint density at radius 2 is 1.85 bits per heavy atom. The maximum atomic E-state index is 12.9. The standard InChI is InChI=1S/C25H27ClIN3O4/c26-19-9-7-18(8-10-19)25(32)30-15-14-21(24(30)27)28-20-11-4-17(5-12-20)6-13-22(31)29-34-23-3-1-2-16-33-23/h4-13,21,23-24,28H,1-3,14-16H2,(H,29,31)/t21-,23?,24?/m1/s1. The second kappa shape index (κ2) is 12.0. The Morgan fingerprint density at radius 3 is 2.56 bits per heavy atom. The highest BCUT2D eigenvalue weighted by Crippen LogP contribution is 2.28. The minimum atomic E-state index is -0.369. The molecular formula is C25H27ClIN3O4. The molecule has 2 aromatic rings. The van der Waals surface area contributed by atoms with Crippen LogP contribution in [0, 0.1) is 0 Å². The number of likely N-dealkylation sites (tertiary alicyclic amines) is 1. The molecule has 2 amide bonds. The molecule has 2 N–H and O–H groups in total. The molecule has 0 aromatic heterocycles. The number of amides is 2. The van der Waals surface area contributed by atoms with Crippen LogP contribution in [0.5, 0.6) is 0 Å². The molecule has 0 radical (unpaired) electrons. The number of halogens is 2. The van der Waals surface area contributed by atoms with E-state index < -0.39 is 0 Å². The van der Waals surface area contributed by atoms with Crippen LogP contribution in [0.15, 0.2) is 54.6 Å². The minimum absolute atomic E-state index is 0.0122. The summed E-state index contributed by atoms with van der Waals surface area (Å²) in [7, 11) is 0.